The molecule has 1 atom stereocenters. The third kappa shape index (κ3) is 6.51. The topological polar surface area (TPSA) is 113 Å². The van der Waals surface area contributed by atoms with Gasteiger partial charge >= 0.3 is 0 Å². The van der Waals surface area contributed by atoms with Crippen LogP contribution in [0.5, 0.6) is 0 Å². The zero-order valence-corrected chi connectivity index (χ0v) is 21.6. The van der Waals surface area contributed by atoms with Crippen LogP contribution in [0.1, 0.15) is 34.0 Å². The van der Waals surface area contributed by atoms with Gasteiger partial charge in [-0.25, -0.2) is 4.39 Å². The van der Waals surface area contributed by atoms with E-state index in [0.29, 0.717) is 28.8 Å². The number of carbonyl (C=O) groups is 2. The molecule has 0 unspecified atom stereocenters. The summed E-state index contributed by atoms with van der Waals surface area (Å²) < 4.78 is 14.8. The molecule has 0 aliphatic heterocycles. The van der Waals surface area contributed by atoms with E-state index in [1.807, 2.05) is 24.3 Å². The van der Waals surface area contributed by atoms with Gasteiger partial charge in [-0.15, -0.1) is 0 Å². The number of likely N-dealkylation sites (N-methyl/N-ethyl adjacent to an activating group) is 1. The van der Waals surface area contributed by atoms with Crippen molar-refractivity contribution in [3.63, 3.8) is 0 Å². The maximum Gasteiger partial charge on any atom is 0.275 e. The summed E-state index contributed by atoms with van der Waals surface area (Å²) in [5.74, 6) is -1.12. The van der Waals surface area contributed by atoms with Gasteiger partial charge in [0.2, 0.25) is 5.91 Å². The Morgan fingerprint density at radius 1 is 1.00 bits per heavy atom. The van der Waals surface area contributed by atoms with Crippen molar-refractivity contribution < 1.29 is 19.1 Å². The van der Waals surface area contributed by atoms with Crippen molar-refractivity contribution in [3.8, 4) is 11.3 Å². The minimum atomic E-state index is -0.508. The zero-order valence-electron chi connectivity index (χ0n) is 21.6. The van der Waals surface area contributed by atoms with E-state index in [1.54, 1.807) is 38.4 Å². The Morgan fingerprint density at radius 3 is 2.49 bits per heavy atom. The SMILES string of the molecule is CN[C@H](C)C(=O)Nc1ccc(-c2cccc(CCO)c2)n(Cc2cncc(C(=O)c3ccc(F)cc3)c2)c1=O. The molecule has 0 radical (unpaired) electrons. The Bertz CT molecular complexity index is 1550. The summed E-state index contributed by atoms with van der Waals surface area (Å²) in [7, 11) is 1.65. The molecular weight excluding hydrogens is 499 g/mol. The molecule has 4 aromatic rings. The number of carbonyl (C=O) groups excluding carboxylic acids is 2. The number of aromatic nitrogens is 2. The van der Waals surface area contributed by atoms with E-state index < -0.39 is 17.4 Å². The second-order valence-corrected chi connectivity index (χ2v) is 9.12. The quantitative estimate of drug-likeness (QED) is 0.272. The van der Waals surface area contributed by atoms with Crippen molar-refractivity contribution in [2.75, 3.05) is 19.0 Å². The van der Waals surface area contributed by atoms with Crippen molar-refractivity contribution in [3.05, 3.63) is 118 Å². The Kier molecular flexibility index (Phi) is 8.75. The summed E-state index contributed by atoms with van der Waals surface area (Å²) in [5.41, 5.74) is 3.15. The lowest BCUT2D eigenvalue weighted by molar-refractivity contribution is -0.117. The monoisotopic (exact) mass is 528 g/mol. The van der Waals surface area contributed by atoms with E-state index in [0.717, 1.165) is 11.1 Å². The molecule has 0 saturated carbocycles. The summed E-state index contributed by atoms with van der Waals surface area (Å²) in [6, 6.07) is 17.2. The Labute approximate surface area is 225 Å². The molecule has 8 nitrogen and oxygen atoms in total. The van der Waals surface area contributed by atoms with Crippen LogP contribution in [-0.2, 0) is 17.8 Å². The van der Waals surface area contributed by atoms with E-state index in [4.69, 9.17) is 0 Å². The van der Waals surface area contributed by atoms with Gasteiger partial charge in [-0.05, 0) is 85.6 Å². The van der Waals surface area contributed by atoms with Crippen molar-refractivity contribution in [1.29, 1.82) is 0 Å². The normalized spacial score (nSPS) is 11.7. The maximum atomic E-state index is 13.7. The van der Waals surface area contributed by atoms with E-state index >= 15 is 0 Å². The van der Waals surface area contributed by atoms with Crippen LogP contribution in [0, 0.1) is 5.82 Å². The molecule has 200 valence electrons. The summed E-state index contributed by atoms with van der Waals surface area (Å²) in [4.78, 5) is 43.3. The third-order valence-electron chi connectivity index (χ3n) is 6.39. The molecule has 3 N–H and O–H groups in total. The first-order chi connectivity index (χ1) is 18.8. The van der Waals surface area contributed by atoms with Gasteiger partial charge in [-0.1, -0.05) is 18.2 Å². The van der Waals surface area contributed by atoms with Gasteiger partial charge in [0, 0.05) is 30.1 Å². The molecule has 0 aliphatic rings. The molecule has 39 heavy (non-hydrogen) atoms. The largest absolute Gasteiger partial charge is 0.396 e. The standard InChI is InChI=1S/C30H29FN4O4/c1-19(32-2)29(38)34-26-10-11-27(23-5-3-4-20(14-23)12-13-36)35(30(26)39)18-21-15-24(17-33-16-21)28(37)22-6-8-25(31)9-7-22/h3-11,14-17,19,32,36H,12-13,18H2,1-2H3,(H,34,38)/t19-/m1/s1. The number of nitrogens with one attached hydrogen (secondary N) is 2. The van der Waals surface area contributed by atoms with Gasteiger partial charge in [0.05, 0.1) is 18.3 Å². The first-order valence-corrected chi connectivity index (χ1v) is 12.5. The van der Waals surface area contributed by atoms with Crippen LogP contribution >= 0.6 is 0 Å². The fourth-order valence-corrected chi connectivity index (χ4v) is 4.12. The molecular formula is C30H29FN4O4. The minimum Gasteiger partial charge on any atom is -0.396 e. The van der Waals surface area contributed by atoms with Gasteiger partial charge in [-0.3, -0.25) is 19.4 Å². The van der Waals surface area contributed by atoms with Gasteiger partial charge in [-0.2, -0.15) is 0 Å². The Hall–Kier alpha value is -4.47. The Morgan fingerprint density at radius 2 is 1.77 bits per heavy atom. The second-order valence-electron chi connectivity index (χ2n) is 9.12. The predicted octanol–water partition coefficient (Wildman–Crippen LogP) is 3.41. The summed E-state index contributed by atoms with van der Waals surface area (Å²) in [6.45, 7) is 1.75. The van der Waals surface area contributed by atoms with Crippen molar-refractivity contribution in [1.82, 2.24) is 14.9 Å². The van der Waals surface area contributed by atoms with Gasteiger partial charge in [0.15, 0.2) is 5.78 Å². The van der Waals surface area contributed by atoms with Crippen LogP contribution in [0.3, 0.4) is 0 Å². The molecule has 2 aromatic carbocycles. The molecule has 9 heteroatoms. The fourth-order valence-electron chi connectivity index (χ4n) is 4.12. The highest BCUT2D eigenvalue weighted by Gasteiger charge is 2.17. The first-order valence-electron chi connectivity index (χ1n) is 12.5. The second kappa shape index (κ2) is 12.4. The number of amides is 1. The molecule has 1 amide bonds. The summed E-state index contributed by atoms with van der Waals surface area (Å²) in [6.07, 6.45) is 3.45. The van der Waals surface area contributed by atoms with Crippen molar-refractivity contribution in [2.45, 2.75) is 25.9 Å². The van der Waals surface area contributed by atoms with Gasteiger partial charge in [0.1, 0.15) is 11.5 Å². The lowest BCUT2D eigenvalue weighted by Crippen LogP contribution is -2.37. The highest BCUT2D eigenvalue weighted by molar-refractivity contribution is 6.08. The van der Waals surface area contributed by atoms with E-state index in [2.05, 4.69) is 15.6 Å². The third-order valence-corrected chi connectivity index (χ3v) is 6.39. The number of hydrogen-bond donors (Lipinski definition) is 3. The van der Waals surface area contributed by atoms with Crippen LogP contribution in [0.4, 0.5) is 10.1 Å². The number of anilines is 1. The number of ketones is 1. The molecule has 2 heterocycles. The van der Waals surface area contributed by atoms with E-state index in [-0.39, 0.29) is 30.5 Å². The average Bonchev–Trinajstić information content (AvgIpc) is 2.95. The van der Waals surface area contributed by atoms with Crippen LogP contribution in [0.2, 0.25) is 0 Å². The first kappa shape index (κ1) is 27.6. The Balaban J connectivity index is 1.76. The molecule has 0 bridgehead atoms. The number of rotatable bonds is 10. The number of pyridine rings is 2. The average molecular weight is 529 g/mol. The van der Waals surface area contributed by atoms with Gasteiger partial charge in [0.25, 0.3) is 5.56 Å². The fraction of sp³-hybridized carbons (Fsp3) is 0.200. The molecule has 4 rings (SSSR count). The number of benzene rings is 2. The van der Waals surface area contributed by atoms with Crippen LogP contribution in [0.15, 0.2) is 83.9 Å². The van der Waals surface area contributed by atoms with E-state index in [1.165, 1.54) is 35.0 Å². The molecule has 0 fully saturated rings. The minimum absolute atomic E-state index is 0.00851. The van der Waals surface area contributed by atoms with Crippen molar-refractivity contribution in [2.24, 2.45) is 0 Å². The smallest absolute Gasteiger partial charge is 0.275 e. The molecule has 0 aliphatic carbocycles. The number of nitrogens with zero attached hydrogens (tertiary/aromatic N) is 2. The molecule has 0 saturated heterocycles. The maximum absolute atomic E-state index is 13.7. The highest BCUT2D eigenvalue weighted by Crippen LogP contribution is 2.23. The number of hydrogen-bond acceptors (Lipinski definition) is 6. The highest BCUT2D eigenvalue weighted by atomic mass is 19.1. The van der Waals surface area contributed by atoms with Crippen LogP contribution in [0.25, 0.3) is 11.3 Å². The summed E-state index contributed by atoms with van der Waals surface area (Å²) >= 11 is 0. The lowest BCUT2D eigenvalue weighted by atomic mass is 10.0. The zero-order chi connectivity index (χ0) is 27.9. The number of halogens is 1. The number of aliphatic hydroxyl groups excluding tert-OH is 1. The number of aliphatic hydroxyl groups is 1. The van der Waals surface area contributed by atoms with Crippen molar-refractivity contribution >= 4 is 17.4 Å². The molecule has 2 aromatic heterocycles. The van der Waals surface area contributed by atoms with Crippen LogP contribution in [-0.4, -0.2) is 46.0 Å². The lowest BCUT2D eigenvalue weighted by Gasteiger charge is -2.17. The van der Waals surface area contributed by atoms with Gasteiger partial charge < -0.3 is 20.3 Å². The summed E-state index contributed by atoms with van der Waals surface area (Å²) in [5, 5.41) is 14.9. The molecule has 0 spiro atoms. The van der Waals surface area contributed by atoms with E-state index in [9.17, 15) is 23.9 Å². The predicted molar refractivity (Wildman–Crippen MR) is 147 cm³/mol. The van der Waals surface area contributed by atoms with Crippen LogP contribution < -0.4 is 16.2 Å².